The fourth-order valence-electron chi connectivity index (χ4n) is 1.95. The molecule has 1 aromatic heterocycles. The lowest BCUT2D eigenvalue weighted by molar-refractivity contribution is -0.0326. The zero-order valence-corrected chi connectivity index (χ0v) is 11.1. The van der Waals surface area contributed by atoms with Crippen LogP contribution in [-0.2, 0) is 11.2 Å². The Labute approximate surface area is 107 Å². The van der Waals surface area contributed by atoms with E-state index in [1.165, 1.54) is 0 Å². The van der Waals surface area contributed by atoms with Crippen molar-refractivity contribution in [3.05, 3.63) is 22.7 Å². The molecule has 2 heterocycles. The van der Waals surface area contributed by atoms with Gasteiger partial charge in [0.2, 0.25) is 0 Å². The van der Waals surface area contributed by atoms with Crippen LogP contribution in [0.2, 0.25) is 5.15 Å². The molecule has 0 amide bonds. The van der Waals surface area contributed by atoms with Gasteiger partial charge in [-0.25, -0.2) is 9.97 Å². The molecule has 0 aromatic carbocycles. The number of ether oxygens (including phenoxy) is 1. The van der Waals surface area contributed by atoms with Crippen LogP contribution in [0.15, 0.2) is 6.07 Å². The third-order valence-electron chi connectivity index (χ3n) is 3.01. The van der Waals surface area contributed by atoms with Crippen LogP contribution in [0.4, 0.5) is 0 Å². The molecule has 17 heavy (non-hydrogen) atoms. The number of halogens is 1. The molecule has 1 aromatic rings. The normalized spacial score (nSPS) is 21.7. The van der Waals surface area contributed by atoms with Gasteiger partial charge in [-0.15, -0.1) is 0 Å². The molecule has 4 nitrogen and oxygen atoms in total. The molecule has 5 heteroatoms. The van der Waals surface area contributed by atoms with E-state index >= 15 is 0 Å². The minimum atomic E-state index is -0.0484. The standard InChI is InChI=1S/C12H18ClN3O/c1-3-9-7-11(13)15-12(14-9)10-8-16(4-2)5-6-17-10/h7,10H,3-6,8H2,1-2H3. The van der Waals surface area contributed by atoms with Gasteiger partial charge in [-0.05, 0) is 19.0 Å². The highest BCUT2D eigenvalue weighted by Gasteiger charge is 2.23. The smallest absolute Gasteiger partial charge is 0.160 e. The van der Waals surface area contributed by atoms with Crippen molar-refractivity contribution in [3.8, 4) is 0 Å². The summed E-state index contributed by atoms with van der Waals surface area (Å²) in [5.74, 6) is 0.715. The van der Waals surface area contributed by atoms with Gasteiger partial charge in [-0.1, -0.05) is 25.4 Å². The van der Waals surface area contributed by atoms with Crippen LogP contribution < -0.4 is 0 Å². The summed E-state index contributed by atoms with van der Waals surface area (Å²) in [6, 6.07) is 1.81. The number of rotatable bonds is 3. The summed E-state index contributed by atoms with van der Waals surface area (Å²) < 4.78 is 5.73. The molecule has 0 spiro atoms. The van der Waals surface area contributed by atoms with E-state index in [-0.39, 0.29) is 6.10 Å². The Morgan fingerprint density at radius 1 is 1.47 bits per heavy atom. The highest BCUT2D eigenvalue weighted by molar-refractivity contribution is 6.29. The molecule has 2 rings (SSSR count). The molecule has 1 fully saturated rings. The molecule has 1 atom stereocenters. The van der Waals surface area contributed by atoms with Crippen LogP contribution in [0.1, 0.15) is 31.5 Å². The molecule has 0 radical (unpaired) electrons. The van der Waals surface area contributed by atoms with E-state index in [0.717, 1.165) is 38.4 Å². The summed E-state index contributed by atoms with van der Waals surface area (Å²) in [6.07, 6.45) is 0.812. The largest absolute Gasteiger partial charge is 0.368 e. The molecule has 0 bridgehead atoms. The summed E-state index contributed by atoms with van der Waals surface area (Å²) in [7, 11) is 0. The Kier molecular flexibility index (Phi) is 4.31. The molecule has 0 N–H and O–H groups in total. The van der Waals surface area contributed by atoms with Gasteiger partial charge in [0.25, 0.3) is 0 Å². The Balaban J connectivity index is 2.18. The summed E-state index contributed by atoms with van der Waals surface area (Å²) in [6.45, 7) is 7.80. The zero-order valence-electron chi connectivity index (χ0n) is 10.3. The van der Waals surface area contributed by atoms with Gasteiger partial charge in [0.05, 0.1) is 6.61 Å². The van der Waals surface area contributed by atoms with Gasteiger partial charge in [-0.2, -0.15) is 0 Å². The summed E-state index contributed by atoms with van der Waals surface area (Å²) in [5.41, 5.74) is 0.970. The quantitative estimate of drug-likeness (QED) is 0.776. The van der Waals surface area contributed by atoms with Crippen LogP contribution in [0.5, 0.6) is 0 Å². The summed E-state index contributed by atoms with van der Waals surface area (Å²) >= 11 is 6.00. The predicted octanol–water partition coefficient (Wildman–Crippen LogP) is 2.09. The molecule has 0 saturated carbocycles. The first-order valence-electron chi connectivity index (χ1n) is 6.10. The van der Waals surface area contributed by atoms with Crippen molar-refractivity contribution >= 4 is 11.6 Å². The molecular formula is C12H18ClN3O. The molecular weight excluding hydrogens is 238 g/mol. The highest BCUT2D eigenvalue weighted by atomic mass is 35.5. The van der Waals surface area contributed by atoms with Crippen LogP contribution in [0, 0.1) is 0 Å². The molecule has 1 saturated heterocycles. The van der Waals surface area contributed by atoms with Crippen molar-refractivity contribution in [1.29, 1.82) is 0 Å². The average molecular weight is 256 g/mol. The average Bonchev–Trinajstić information content (AvgIpc) is 2.38. The Hall–Kier alpha value is -0.710. The van der Waals surface area contributed by atoms with Crippen LogP contribution >= 0.6 is 11.6 Å². The molecule has 1 aliphatic heterocycles. The minimum Gasteiger partial charge on any atom is -0.368 e. The van der Waals surface area contributed by atoms with Crippen molar-refractivity contribution in [2.24, 2.45) is 0 Å². The maximum Gasteiger partial charge on any atom is 0.160 e. The minimum absolute atomic E-state index is 0.0484. The Bertz CT molecular complexity index is 386. The SMILES string of the molecule is CCc1cc(Cl)nc(C2CN(CC)CCO2)n1. The number of hydrogen-bond donors (Lipinski definition) is 0. The fraction of sp³-hybridized carbons (Fsp3) is 0.667. The van der Waals surface area contributed by atoms with Crippen LogP contribution in [-0.4, -0.2) is 41.1 Å². The van der Waals surface area contributed by atoms with Crippen molar-refractivity contribution in [3.63, 3.8) is 0 Å². The number of likely N-dealkylation sites (N-methyl/N-ethyl adjacent to an activating group) is 1. The molecule has 94 valence electrons. The van der Waals surface area contributed by atoms with Crippen molar-refractivity contribution in [1.82, 2.24) is 14.9 Å². The number of nitrogens with zero attached hydrogens (tertiary/aromatic N) is 3. The lowest BCUT2D eigenvalue weighted by Crippen LogP contribution is -2.38. The van der Waals surface area contributed by atoms with Crippen LogP contribution in [0.25, 0.3) is 0 Å². The molecule has 1 unspecified atom stereocenters. The topological polar surface area (TPSA) is 38.2 Å². The lowest BCUT2D eigenvalue weighted by atomic mass is 10.2. The number of aromatic nitrogens is 2. The first-order chi connectivity index (χ1) is 8.22. The fourth-order valence-corrected chi connectivity index (χ4v) is 2.17. The first kappa shape index (κ1) is 12.7. The Morgan fingerprint density at radius 2 is 2.29 bits per heavy atom. The van der Waals surface area contributed by atoms with E-state index in [9.17, 15) is 0 Å². The van der Waals surface area contributed by atoms with Crippen molar-refractivity contribution in [2.75, 3.05) is 26.2 Å². The summed E-state index contributed by atoms with van der Waals surface area (Å²) in [5, 5.41) is 0.504. The van der Waals surface area contributed by atoms with E-state index in [1.807, 2.05) is 6.07 Å². The molecule has 0 aliphatic carbocycles. The van der Waals surface area contributed by atoms with Gasteiger partial charge in [0.15, 0.2) is 5.82 Å². The molecule has 1 aliphatic rings. The second-order valence-corrected chi connectivity index (χ2v) is 4.53. The third-order valence-corrected chi connectivity index (χ3v) is 3.21. The second-order valence-electron chi connectivity index (χ2n) is 4.15. The number of morpholine rings is 1. The summed E-state index contributed by atoms with van der Waals surface area (Å²) in [4.78, 5) is 11.1. The van der Waals surface area contributed by atoms with Crippen molar-refractivity contribution < 1.29 is 4.74 Å². The monoisotopic (exact) mass is 255 g/mol. The van der Waals surface area contributed by atoms with Gasteiger partial charge < -0.3 is 4.74 Å². The van der Waals surface area contributed by atoms with E-state index < -0.39 is 0 Å². The third kappa shape index (κ3) is 3.15. The van der Waals surface area contributed by atoms with Gasteiger partial charge in [-0.3, -0.25) is 4.90 Å². The van der Waals surface area contributed by atoms with E-state index in [4.69, 9.17) is 16.3 Å². The van der Waals surface area contributed by atoms with Crippen LogP contribution in [0.3, 0.4) is 0 Å². The predicted molar refractivity (Wildman–Crippen MR) is 67.2 cm³/mol. The van der Waals surface area contributed by atoms with E-state index in [2.05, 4.69) is 28.7 Å². The van der Waals surface area contributed by atoms with E-state index in [1.54, 1.807) is 0 Å². The number of aryl methyl sites for hydroxylation is 1. The van der Waals surface area contributed by atoms with Gasteiger partial charge in [0.1, 0.15) is 11.3 Å². The van der Waals surface area contributed by atoms with E-state index in [0.29, 0.717) is 11.0 Å². The maximum absolute atomic E-state index is 6.00. The number of hydrogen-bond acceptors (Lipinski definition) is 4. The van der Waals surface area contributed by atoms with Gasteiger partial charge in [0, 0.05) is 18.8 Å². The zero-order chi connectivity index (χ0) is 12.3. The van der Waals surface area contributed by atoms with Crippen molar-refractivity contribution in [2.45, 2.75) is 26.4 Å². The highest BCUT2D eigenvalue weighted by Crippen LogP contribution is 2.21. The second kappa shape index (κ2) is 5.76. The van der Waals surface area contributed by atoms with Gasteiger partial charge >= 0.3 is 0 Å². The maximum atomic E-state index is 6.00. The first-order valence-corrected chi connectivity index (χ1v) is 6.48. The lowest BCUT2D eigenvalue weighted by Gasteiger charge is -2.31. The Morgan fingerprint density at radius 3 is 3.00 bits per heavy atom.